The van der Waals surface area contributed by atoms with E-state index in [0.717, 1.165) is 24.3 Å². The van der Waals surface area contributed by atoms with E-state index in [1.165, 1.54) is 11.1 Å². The Balaban J connectivity index is 3.27. The molecule has 0 saturated carbocycles. The second-order valence-electron chi connectivity index (χ2n) is 3.83. The lowest BCUT2D eigenvalue weighted by atomic mass is 9.96. The summed E-state index contributed by atoms with van der Waals surface area (Å²) in [4.78, 5) is 0. The Bertz CT molecular complexity index is 365. The summed E-state index contributed by atoms with van der Waals surface area (Å²) in [6.45, 7) is 4.33. The Hall–Kier alpha value is -0.490. The van der Waals surface area contributed by atoms with E-state index in [-0.39, 0.29) is 0 Å². The van der Waals surface area contributed by atoms with Gasteiger partial charge in [0.25, 0.3) is 0 Å². The van der Waals surface area contributed by atoms with Crippen LogP contribution in [0.3, 0.4) is 0 Å². The van der Waals surface area contributed by atoms with Gasteiger partial charge >= 0.3 is 0 Å². The zero-order valence-electron chi connectivity index (χ0n) is 10.8. The molecule has 0 saturated heterocycles. The number of ether oxygens (including phenoxy) is 2. The largest absolute Gasteiger partial charge is 0.493 e. The summed E-state index contributed by atoms with van der Waals surface area (Å²) >= 11 is 2.21. The van der Waals surface area contributed by atoms with Crippen LogP contribution in [0.5, 0.6) is 11.5 Å². The van der Waals surface area contributed by atoms with Crippen LogP contribution in [0.1, 0.15) is 37.4 Å². The van der Waals surface area contributed by atoms with Gasteiger partial charge in [-0.05, 0) is 36.1 Å². The Morgan fingerprint density at radius 2 is 1.76 bits per heavy atom. The zero-order chi connectivity index (χ0) is 12.8. The molecule has 0 heterocycles. The highest BCUT2D eigenvalue weighted by atomic mass is 127. The first-order valence-corrected chi connectivity index (χ1v) is 6.90. The predicted octanol–water partition coefficient (Wildman–Crippen LogP) is 3.66. The summed E-state index contributed by atoms with van der Waals surface area (Å²) in [6, 6.07) is 4.51. The molecule has 0 bridgehead atoms. The van der Waals surface area contributed by atoms with Gasteiger partial charge in [-0.25, -0.2) is 0 Å². The fourth-order valence-electron chi connectivity index (χ4n) is 1.92. The number of aryl methyl sites for hydroxylation is 1. The highest BCUT2D eigenvalue weighted by molar-refractivity contribution is 14.1. The number of benzene rings is 1. The Kier molecular flexibility index (Phi) is 6.05. The van der Waals surface area contributed by atoms with E-state index in [9.17, 15) is 0 Å². The molecule has 3 nitrogen and oxygen atoms in total. The first-order chi connectivity index (χ1) is 8.21. The zero-order valence-corrected chi connectivity index (χ0v) is 13.0. The van der Waals surface area contributed by atoms with Crippen molar-refractivity contribution in [1.82, 2.24) is 3.53 Å². The molecule has 17 heavy (non-hydrogen) atoms. The standard InChI is InChI=1S/C13H20INO2/c1-5-9-7-12(16-3)13(17-4)8-10(9)11(6-2)15-14/h7-8,11,15H,5-6H2,1-4H3/t11-/m0/s1. The molecule has 96 valence electrons. The van der Waals surface area contributed by atoms with E-state index in [1.807, 2.05) is 0 Å². The second-order valence-corrected chi connectivity index (χ2v) is 4.45. The monoisotopic (exact) mass is 349 g/mol. The minimum atomic E-state index is 0.352. The van der Waals surface area contributed by atoms with Crippen LogP contribution in [-0.2, 0) is 6.42 Å². The first kappa shape index (κ1) is 14.6. The molecule has 1 aromatic carbocycles. The molecule has 0 aliphatic rings. The van der Waals surface area contributed by atoms with Crippen molar-refractivity contribution in [2.45, 2.75) is 32.7 Å². The van der Waals surface area contributed by atoms with Gasteiger partial charge in [0.1, 0.15) is 0 Å². The molecular weight excluding hydrogens is 329 g/mol. The van der Waals surface area contributed by atoms with Crippen molar-refractivity contribution in [3.8, 4) is 11.5 Å². The van der Waals surface area contributed by atoms with Gasteiger partial charge in [0.15, 0.2) is 11.5 Å². The van der Waals surface area contributed by atoms with E-state index in [1.54, 1.807) is 14.2 Å². The quantitative estimate of drug-likeness (QED) is 0.628. The molecule has 1 N–H and O–H groups in total. The molecule has 1 atom stereocenters. The third-order valence-electron chi connectivity index (χ3n) is 2.94. The van der Waals surface area contributed by atoms with Gasteiger partial charge in [0.2, 0.25) is 0 Å². The highest BCUT2D eigenvalue weighted by Gasteiger charge is 2.16. The molecule has 0 radical (unpaired) electrons. The molecule has 0 aromatic heterocycles. The van der Waals surface area contributed by atoms with E-state index in [4.69, 9.17) is 9.47 Å². The lowest BCUT2D eigenvalue weighted by Gasteiger charge is -2.19. The minimum Gasteiger partial charge on any atom is -0.493 e. The number of halogens is 1. The van der Waals surface area contributed by atoms with Crippen LogP contribution in [0.4, 0.5) is 0 Å². The van der Waals surface area contributed by atoms with Gasteiger partial charge in [-0.15, -0.1) is 0 Å². The average Bonchev–Trinajstić information content (AvgIpc) is 2.39. The summed E-state index contributed by atoms with van der Waals surface area (Å²) in [5.74, 6) is 1.60. The fraction of sp³-hybridized carbons (Fsp3) is 0.538. The van der Waals surface area contributed by atoms with Crippen LogP contribution >= 0.6 is 22.9 Å². The Morgan fingerprint density at radius 3 is 2.18 bits per heavy atom. The van der Waals surface area contributed by atoms with E-state index in [0.29, 0.717) is 6.04 Å². The SMILES string of the molecule is CCc1cc(OC)c(OC)cc1[C@H](CC)NI. The van der Waals surface area contributed by atoms with E-state index >= 15 is 0 Å². The molecule has 0 amide bonds. The number of rotatable bonds is 6. The topological polar surface area (TPSA) is 30.5 Å². The van der Waals surface area contributed by atoms with Crippen LogP contribution in [0, 0.1) is 0 Å². The van der Waals surface area contributed by atoms with Gasteiger partial charge in [0, 0.05) is 28.9 Å². The lowest BCUT2D eigenvalue weighted by molar-refractivity contribution is 0.353. The Morgan fingerprint density at radius 1 is 1.18 bits per heavy atom. The predicted molar refractivity (Wildman–Crippen MR) is 79.1 cm³/mol. The molecule has 4 heteroatoms. The molecule has 0 fully saturated rings. The molecule has 0 unspecified atom stereocenters. The van der Waals surface area contributed by atoms with Crippen LogP contribution in [0.25, 0.3) is 0 Å². The van der Waals surface area contributed by atoms with Crippen LogP contribution in [0.15, 0.2) is 12.1 Å². The fourth-order valence-corrected chi connectivity index (χ4v) is 2.70. The van der Waals surface area contributed by atoms with Gasteiger partial charge < -0.3 is 9.47 Å². The highest BCUT2D eigenvalue weighted by Crippen LogP contribution is 2.34. The Labute approximate surface area is 117 Å². The van der Waals surface area contributed by atoms with Crippen molar-refractivity contribution in [2.24, 2.45) is 0 Å². The van der Waals surface area contributed by atoms with Crippen LogP contribution < -0.4 is 13.0 Å². The summed E-state index contributed by atoms with van der Waals surface area (Å²) < 4.78 is 14.0. The third kappa shape index (κ3) is 3.25. The van der Waals surface area contributed by atoms with Crippen LogP contribution in [-0.4, -0.2) is 14.2 Å². The number of nitrogens with one attached hydrogen (secondary N) is 1. The lowest BCUT2D eigenvalue weighted by Crippen LogP contribution is -2.12. The number of methoxy groups -OCH3 is 2. The summed E-state index contributed by atoms with van der Waals surface area (Å²) in [5, 5.41) is 0. The van der Waals surface area contributed by atoms with Crippen molar-refractivity contribution >= 4 is 22.9 Å². The van der Waals surface area contributed by atoms with E-state index < -0.39 is 0 Å². The third-order valence-corrected chi connectivity index (χ3v) is 3.69. The van der Waals surface area contributed by atoms with Crippen LogP contribution in [0.2, 0.25) is 0 Å². The molecule has 0 aliphatic heterocycles. The smallest absolute Gasteiger partial charge is 0.161 e. The normalized spacial score (nSPS) is 12.3. The average molecular weight is 349 g/mol. The van der Waals surface area contributed by atoms with E-state index in [2.05, 4.69) is 52.4 Å². The van der Waals surface area contributed by atoms with Crippen molar-refractivity contribution in [3.63, 3.8) is 0 Å². The molecular formula is C13H20INO2. The number of hydrogen-bond donors (Lipinski definition) is 1. The van der Waals surface area contributed by atoms with Gasteiger partial charge in [-0.3, -0.25) is 3.53 Å². The van der Waals surface area contributed by atoms with Gasteiger partial charge in [0.05, 0.1) is 14.2 Å². The second kappa shape index (κ2) is 7.06. The maximum Gasteiger partial charge on any atom is 0.161 e. The maximum atomic E-state index is 5.36. The van der Waals surface area contributed by atoms with Gasteiger partial charge in [-0.2, -0.15) is 0 Å². The summed E-state index contributed by atoms with van der Waals surface area (Å²) in [7, 11) is 3.34. The molecule has 0 aliphatic carbocycles. The summed E-state index contributed by atoms with van der Waals surface area (Å²) in [5.41, 5.74) is 2.60. The van der Waals surface area contributed by atoms with Crippen molar-refractivity contribution in [3.05, 3.63) is 23.3 Å². The maximum absolute atomic E-state index is 5.36. The minimum absolute atomic E-state index is 0.352. The first-order valence-electron chi connectivity index (χ1n) is 5.82. The van der Waals surface area contributed by atoms with Crippen molar-refractivity contribution < 1.29 is 9.47 Å². The molecule has 1 rings (SSSR count). The number of hydrogen-bond acceptors (Lipinski definition) is 3. The molecule has 0 spiro atoms. The van der Waals surface area contributed by atoms with Gasteiger partial charge in [-0.1, -0.05) is 13.8 Å². The van der Waals surface area contributed by atoms with Crippen molar-refractivity contribution in [2.75, 3.05) is 14.2 Å². The summed E-state index contributed by atoms with van der Waals surface area (Å²) in [6.07, 6.45) is 2.04. The van der Waals surface area contributed by atoms with Crippen molar-refractivity contribution in [1.29, 1.82) is 0 Å². The molecule has 1 aromatic rings.